The Morgan fingerprint density at radius 1 is 1.17 bits per heavy atom. The van der Waals surface area contributed by atoms with Crippen LogP contribution in [0.15, 0.2) is 0 Å². The summed E-state index contributed by atoms with van der Waals surface area (Å²) in [5.74, 6) is 0.00694. The van der Waals surface area contributed by atoms with Gasteiger partial charge in [-0.25, -0.2) is 0 Å². The monoisotopic (exact) mass is 174 g/mol. The minimum Gasteiger partial charge on any atom is -0.393 e. The average molecular weight is 174 g/mol. The van der Waals surface area contributed by atoms with Crippen molar-refractivity contribution in [2.75, 3.05) is 0 Å². The van der Waals surface area contributed by atoms with Gasteiger partial charge in [0.2, 0.25) is 0 Å². The highest BCUT2D eigenvalue weighted by Crippen LogP contribution is 2.30. The molecule has 2 nitrogen and oxygen atoms in total. The highest BCUT2D eigenvalue weighted by molar-refractivity contribution is 4.86. The molecule has 0 aromatic rings. The maximum Gasteiger partial charge on any atom is 0.0695 e. The van der Waals surface area contributed by atoms with E-state index < -0.39 is 11.7 Å². The Kier molecular flexibility index (Phi) is 4.80. The van der Waals surface area contributed by atoms with Crippen molar-refractivity contribution in [3.63, 3.8) is 0 Å². The molecule has 2 unspecified atom stereocenters. The lowest BCUT2D eigenvalue weighted by Gasteiger charge is -2.36. The fourth-order valence-corrected chi connectivity index (χ4v) is 1.94. The van der Waals surface area contributed by atoms with Crippen LogP contribution in [0.25, 0.3) is 0 Å². The van der Waals surface area contributed by atoms with Crippen LogP contribution in [-0.4, -0.2) is 21.9 Å². The topological polar surface area (TPSA) is 40.5 Å². The molecule has 0 aromatic heterocycles. The van der Waals surface area contributed by atoms with Gasteiger partial charge in [-0.2, -0.15) is 0 Å². The van der Waals surface area contributed by atoms with E-state index in [0.29, 0.717) is 12.8 Å². The van der Waals surface area contributed by atoms with Crippen LogP contribution < -0.4 is 0 Å². The van der Waals surface area contributed by atoms with Gasteiger partial charge in [-0.3, -0.25) is 0 Å². The van der Waals surface area contributed by atoms with Crippen molar-refractivity contribution in [2.45, 2.75) is 58.7 Å². The van der Waals surface area contributed by atoms with Crippen molar-refractivity contribution in [1.82, 2.24) is 0 Å². The lowest BCUT2D eigenvalue weighted by Crippen LogP contribution is -2.42. The molecule has 0 saturated carbocycles. The SMILES string of the molecule is CCC(C(C)O)C(O)(CC)CC. The summed E-state index contributed by atoms with van der Waals surface area (Å²) in [5, 5.41) is 19.5. The van der Waals surface area contributed by atoms with Crippen molar-refractivity contribution in [3.8, 4) is 0 Å². The summed E-state index contributed by atoms with van der Waals surface area (Å²) in [6, 6.07) is 0. The smallest absolute Gasteiger partial charge is 0.0695 e. The summed E-state index contributed by atoms with van der Waals surface area (Å²) in [6.45, 7) is 7.70. The van der Waals surface area contributed by atoms with E-state index in [2.05, 4.69) is 0 Å². The van der Waals surface area contributed by atoms with Gasteiger partial charge >= 0.3 is 0 Å². The molecule has 0 bridgehead atoms. The van der Waals surface area contributed by atoms with Crippen LogP contribution in [0, 0.1) is 5.92 Å². The molecule has 0 heterocycles. The zero-order valence-electron chi connectivity index (χ0n) is 8.67. The fraction of sp³-hybridized carbons (Fsp3) is 1.00. The Morgan fingerprint density at radius 3 is 1.67 bits per heavy atom. The Hall–Kier alpha value is -0.0800. The molecular weight excluding hydrogens is 152 g/mol. The molecule has 0 aliphatic carbocycles. The summed E-state index contributed by atoms with van der Waals surface area (Å²) in [6.07, 6.45) is 1.84. The van der Waals surface area contributed by atoms with Gasteiger partial charge in [0.25, 0.3) is 0 Å². The predicted molar refractivity (Wildman–Crippen MR) is 51.0 cm³/mol. The largest absolute Gasteiger partial charge is 0.393 e. The van der Waals surface area contributed by atoms with Gasteiger partial charge in [0.05, 0.1) is 11.7 Å². The molecule has 0 fully saturated rings. The van der Waals surface area contributed by atoms with E-state index in [4.69, 9.17) is 0 Å². The first kappa shape index (κ1) is 11.9. The molecule has 0 aromatic carbocycles. The van der Waals surface area contributed by atoms with E-state index in [0.717, 1.165) is 6.42 Å². The molecule has 2 atom stereocenters. The highest BCUT2D eigenvalue weighted by Gasteiger charge is 2.34. The second-order valence-electron chi connectivity index (χ2n) is 3.57. The van der Waals surface area contributed by atoms with Gasteiger partial charge in [0, 0.05) is 5.92 Å². The zero-order chi connectivity index (χ0) is 9.78. The third-order valence-electron chi connectivity index (χ3n) is 2.94. The van der Waals surface area contributed by atoms with Crippen LogP contribution in [0.1, 0.15) is 47.0 Å². The number of hydrogen-bond donors (Lipinski definition) is 2. The summed E-state index contributed by atoms with van der Waals surface area (Å²) >= 11 is 0. The minimum absolute atomic E-state index is 0.00694. The number of aliphatic hydroxyl groups excluding tert-OH is 1. The van der Waals surface area contributed by atoms with Crippen molar-refractivity contribution in [1.29, 1.82) is 0 Å². The van der Waals surface area contributed by atoms with E-state index in [1.807, 2.05) is 20.8 Å². The minimum atomic E-state index is -0.678. The van der Waals surface area contributed by atoms with Gasteiger partial charge in [-0.15, -0.1) is 0 Å². The van der Waals surface area contributed by atoms with Crippen molar-refractivity contribution < 1.29 is 10.2 Å². The van der Waals surface area contributed by atoms with Crippen LogP contribution in [-0.2, 0) is 0 Å². The Morgan fingerprint density at radius 2 is 1.58 bits per heavy atom. The van der Waals surface area contributed by atoms with E-state index in [1.165, 1.54) is 0 Å². The molecular formula is C10H22O2. The quantitative estimate of drug-likeness (QED) is 0.668. The number of aliphatic hydroxyl groups is 2. The first-order valence-electron chi connectivity index (χ1n) is 4.92. The highest BCUT2D eigenvalue weighted by atomic mass is 16.3. The average Bonchev–Trinajstić information content (AvgIpc) is 2.04. The summed E-state index contributed by atoms with van der Waals surface area (Å²) in [4.78, 5) is 0. The molecule has 2 N–H and O–H groups in total. The first-order valence-corrected chi connectivity index (χ1v) is 4.92. The van der Waals surface area contributed by atoms with Crippen LogP contribution in [0.2, 0.25) is 0 Å². The zero-order valence-corrected chi connectivity index (χ0v) is 8.67. The van der Waals surface area contributed by atoms with Gasteiger partial charge in [0.1, 0.15) is 0 Å². The number of rotatable bonds is 5. The van der Waals surface area contributed by atoms with E-state index >= 15 is 0 Å². The molecule has 0 radical (unpaired) electrons. The Balaban J connectivity index is 4.43. The predicted octanol–water partition coefficient (Wildman–Crippen LogP) is 1.94. The summed E-state index contributed by atoms with van der Waals surface area (Å²) in [7, 11) is 0. The molecule has 0 amide bonds. The van der Waals surface area contributed by atoms with Gasteiger partial charge in [0.15, 0.2) is 0 Å². The lowest BCUT2D eigenvalue weighted by molar-refractivity contribution is -0.0730. The van der Waals surface area contributed by atoms with Gasteiger partial charge < -0.3 is 10.2 Å². The molecule has 74 valence electrons. The van der Waals surface area contributed by atoms with E-state index in [9.17, 15) is 10.2 Å². The molecule has 0 rings (SSSR count). The Labute approximate surface area is 75.6 Å². The van der Waals surface area contributed by atoms with Crippen molar-refractivity contribution in [3.05, 3.63) is 0 Å². The maximum atomic E-state index is 10.1. The van der Waals surface area contributed by atoms with Crippen molar-refractivity contribution >= 4 is 0 Å². The fourth-order valence-electron chi connectivity index (χ4n) is 1.94. The molecule has 0 spiro atoms. The van der Waals surface area contributed by atoms with Crippen LogP contribution >= 0.6 is 0 Å². The normalized spacial score (nSPS) is 17.5. The van der Waals surface area contributed by atoms with Crippen molar-refractivity contribution in [2.24, 2.45) is 5.92 Å². The van der Waals surface area contributed by atoms with Crippen LogP contribution in [0.3, 0.4) is 0 Å². The van der Waals surface area contributed by atoms with Crippen LogP contribution in [0.5, 0.6) is 0 Å². The van der Waals surface area contributed by atoms with Crippen LogP contribution in [0.4, 0.5) is 0 Å². The molecule has 0 aliphatic heterocycles. The standard InChI is InChI=1S/C10H22O2/c1-5-9(8(4)11)10(12,6-2)7-3/h8-9,11-12H,5-7H2,1-4H3. The number of hydrogen-bond acceptors (Lipinski definition) is 2. The van der Waals surface area contributed by atoms with Gasteiger partial charge in [-0.05, 0) is 26.2 Å². The second-order valence-corrected chi connectivity index (χ2v) is 3.57. The van der Waals surface area contributed by atoms with E-state index in [-0.39, 0.29) is 5.92 Å². The molecule has 12 heavy (non-hydrogen) atoms. The lowest BCUT2D eigenvalue weighted by atomic mass is 9.78. The first-order chi connectivity index (χ1) is 5.51. The summed E-state index contributed by atoms with van der Waals surface area (Å²) < 4.78 is 0. The maximum absolute atomic E-state index is 10.1. The van der Waals surface area contributed by atoms with Gasteiger partial charge in [-0.1, -0.05) is 20.8 Å². The van der Waals surface area contributed by atoms with E-state index in [1.54, 1.807) is 6.92 Å². The third-order valence-corrected chi connectivity index (χ3v) is 2.94. The Bertz CT molecular complexity index is 117. The molecule has 0 saturated heterocycles. The third kappa shape index (κ3) is 2.46. The summed E-state index contributed by atoms with van der Waals surface area (Å²) in [5.41, 5.74) is -0.678. The molecule has 0 aliphatic rings. The molecule has 2 heteroatoms. The second kappa shape index (κ2) is 4.83.